The molecule has 3 N–H and O–H groups in total. The number of benzene rings is 2. The van der Waals surface area contributed by atoms with Crippen LogP contribution >= 0.6 is 11.8 Å². The van der Waals surface area contributed by atoms with Crippen molar-refractivity contribution in [2.75, 3.05) is 5.32 Å². The normalized spacial score (nSPS) is 17.4. The van der Waals surface area contributed by atoms with Gasteiger partial charge < -0.3 is 15.9 Å². The quantitative estimate of drug-likeness (QED) is 0.665. The molecule has 1 unspecified atom stereocenters. The lowest BCUT2D eigenvalue weighted by atomic mass is 10.1. The van der Waals surface area contributed by atoms with Crippen LogP contribution in [-0.2, 0) is 14.4 Å². The lowest BCUT2D eigenvalue weighted by Gasteiger charge is -2.13. The number of hydrogen-bond acceptors (Lipinski definition) is 8. The first-order valence-electron chi connectivity index (χ1n) is 8.98. The van der Waals surface area contributed by atoms with Gasteiger partial charge in [0.05, 0.1) is 16.7 Å². The Morgan fingerprint density at radius 2 is 1.65 bits per heavy atom. The Bertz CT molecular complexity index is 1130. The number of thioether (sulfide) groups is 1. The smallest absolute Gasteiger partial charge is 0.363 e. The predicted octanol–water partition coefficient (Wildman–Crippen LogP) is 1.34. The Morgan fingerprint density at radius 1 is 1.03 bits per heavy atom. The number of nitrogens with two attached hydrogens (primary N) is 1. The highest BCUT2D eigenvalue weighted by molar-refractivity contribution is 8.15. The van der Waals surface area contributed by atoms with Crippen molar-refractivity contribution in [3.8, 4) is 0 Å². The number of fused-ring (bicyclic) bond motifs is 1. The molecule has 0 saturated carbocycles. The Labute approximate surface area is 179 Å². The van der Waals surface area contributed by atoms with E-state index in [2.05, 4.69) is 10.3 Å². The summed E-state index contributed by atoms with van der Waals surface area (Å²) >= 11 is 1.03. The Balaban J connectivity index is 1.36. The van der Waals surface area contributed by atoms with E-state index in [0.717, 1.165) is 11.8 Å². The predicted molar refractivity (Wildman–Crippen MR) is 110 cm³/mol. The molecule has 0 aromatic heterocycles. The maximum atomic E-state index is 12.4. The van der Waals surface area contributed by atoms with Gasteiger partial charge in [0.2, 0.25) is 5.91 Å². The highest BCUT2D eigenvalue weighted by atomic mass is 32.2. The van der Waals surface area contributed by atoms with Crippen molar-refractivity contribution in [1.29, 1.82) is 0 Å². The van der Waals surface area contributed by atoms with E-state index in [1.54, 1.807) is 12.1 Å². The van der Waals surface area contributed by atoms with Gasteiger partial charge in [0.25, 0.3) is 17.7 Å². The van der Waals surface area contributed by atoms with E-state index in [1.165, 1.54) is 36.4 Å². The molecule has 156 valence electrons. The molecular weight excluding hydrogens is 424 g/mol. The van der Waals surface area contributed by atoms with Gasteiger partial charge in [-0.05, 0) is 36.4 Å². The summed E-state index contributed by atoms with van der Waals surface area (Å²) in [5, 5.41) is 2.50. The van der Waals surface area contributed by atoms with Gasteiger partial charge >= 0.3 is 5.97 Å². The molecule has 0 saturated heterocycles. The van der Waals surface area contributed by atoms with Crippen molar-refractivity contribution in [1.82, 2.24) is 5.06 Å². The molecule has 0 fully saturated rings. The number of anilines is 1. The van der Waals surface area contributed by atoms with Gasteiger partial charge in [-0.15, -0.1) is 0 Å². The fourth-order valence-electron chi connectivity index (χ4n) is 2.99. The highest BCUT2D eigenvalue weighted by Gasteiger charge is 2.38. The summed E-state index contributed by atoms with van der Waals surface area (Å²) in [6.07, 6.45) is -0.1000. The topological polar surface area (TPSA) is 148 Å². The van der Waals surface area contributed by atoms with Crippen LogP contribution in [0, 0.1) is 0 Å². The molecule has 2 aliphatic rings. The largest absolute Gasteiger partial charge is 0.378 e. The zero-order valence-electron chi connectivity index (χ0n) is 15.7. The first-order valence-corrected chi connectivity index (χ1v) is 9.86. The second-order valence-corrected chi connectivity index (χ2v) is 7.78. The summed E-state index contributed by atoms with van der Waals surface area (Å²) in [4.78, 5) is 69.1. The summed E-state index contributed by atoms with van der Waals surface area (Å²) in [6, 6.07) is 11.8. The van der Waals surface area contributed by atoms with Crippen molar-refractivity contribution in [3.63, 3.8) is 0 Å². The third-order valence-corrected chi connectivity index (χ3v) is 5.45. The zero-order valence-corrected chi connectivity index (χ0v) is 16.5. The highest BCUT2D eigenvalue weighted by Crippen LogP contribution is 2.25. The maximum absolute atomic E-state index is 12.4. The number of carbonyl (C=O) groups is 5. The fraction of sp³-hybridized carbons (Fsp3) is 0.100. The summed E-state index contributed by atoms with van der Waals surface area (Å²) in [5.41, 5.74) is 6.22. The average Bonchev–Trinajstić information content (AvgIpc) is 3.19. The lowest BCUT2D eigenvalue weighted by Crippen LogP contribution is -2.32. The van der Waals surface area contributed by atoms with Crippen LogP contribution in [0.3, 0.4) is 0 Å². The van der Waals surface area contributed by atoms with E-state index >= 15 is 0 Å². The first-order chi connectivity index (χ1) is 14.8. The molecule has 2 aromatic carbocycles. The number of nitrogens with zero attached hydrogens (tertiary/aromatic N) is 2. The minimum atomic E-state index is -0.909. The van der Waals surface area contributed by atoms with E-state index in [1.807, 2.05) is 0 Å². The lowest BCUT2D eigenvalue weighted by molar-refractivity contribution is -0.121. The molecule has 0 spiro atoms. The van der Waals surface area contributed by atoms with Gasteiger partial charge in [-0.3, -0.25) is 19.2 Å². The van der Waals surface area contributed by atoms with Crippen molar-refractivity contribution in [2.45, 2.75) is 11.7 Å². The number of amidine groups is 1. The zero-order chi connectivity index (χ0) is 22.1. The Kier molecular flexibility index (Phi) is 5.26. The number of aliphatic imine (C=N–C) groups is 1. The second kappa shape index (κ2) is 8.03. The van der Waals surface area contributed by atoms with Gasteiger partial charge in [0.15, 0.2) is 5.17 Å². The Hall–Kier alpha value is -3.99. The average molecular weight is 438 g/mol. The summed E-state index contributed by atoms with van der Waals surface area (Å²) in [6.45, 7) is 0. The van der Waals surface area contributed by atoms with Gasteiger partial charge in [0.1, 0.15) is 5.25 Å². The number of rotatable bonds is 5. The van der Waals surface area contributed by atoms with E-state index in [4.69, 9.17) is 10.6 Å². The maximum Gasteiger partial charge on any atom is 0.363 e. The molecule has 4 rings (SSSR count). The standard InChI is InChI=1S/C20H14N4O6S/c21-20-23-16(26)14(31-20)9-15(25)22-11-7-5-10(6-8-11)19(29)30-24-17(27)12-3-1-2-4-13(12)18(24)28/h1-8,14H,9H2,(H,22,25)(H2,21,23,26). The number of carbonyl (C=O) groups excluding carboxylic acids is 5. The van der Waals surface area contributed by atoms with Crippen molar-refractivity contribution >= 4 is 52.2 Å². The molecule has 2 aromatic rings. The fourth-order valence-corrected chi connectivity index (χ4v) is 3.81. The van der Waals surface area contributed by atoms with E-state index in [-0.39, 0.29) is 28.3 Å². The van der Waals surface area contributed by atoms with Gasteiger partial charge in [-0.2, -0.15) is 4.99 Å². The van der Waals surface area contributed by atoms with Crippen LogP contribution in [0.1, 0.15) is 37.5 Å². The van der Waals surface area contributed by atoms with Crippen LogP contribution < -0.4 is 11.1 Å². The monoisotopic (exact) mass is 438 g/mol. The van der Waals surface area contributed by atoms with Crippen LogP contribution in [0.5, 0.6) is 0 Å². The molecule has 10 nitrogen and oxygen atoms in total. The number of hydrogen-bond donors (Lipinski definition) is 2. The van der Waals surface area contributed by atoms with Crippen LogP contribution in [-0.4, -0.2) is 45.1 Å². The number of amides is 4. The third-order valence-electron chi connectivity index (χ3n) is 4.46. The van der Waals surface area contributed by atoms with E-state index < -0.39 is 34.8 Å². The molecule has 2 aliphatic heterocycles. The third kappa shape index (κ3) is 4.03. The molecule has 2 heterocycles. The summed E-state index contributed by atoms with van der Waals surface area (Å²) in [7, 11) is 0. The van der Waals surface area contributed by atoms with Gasteiger partial charge in [-0.25, -0.2) is 4.79 Å². The van der Waals surface area contributed by atoms with Crippen LogP contribution in [0.4, 0.5) is 5.69 Å². The van der Waals surface area contributed by atoms with Crippen LogP contribution in [0.25, 0.3) is 0 Å². The summed E-state index contributed by atoms with van der Waals surface area (Å²) in [5.74, 6) is -3.22. The number of nitrogens with one attached hydrogen (secondary N) is 1. The minimum Gasteiger partial charge on any atom is -0.378 e. The minimum absolute atomic E-state index is 0.0669. The number of hydroxylamine groups is 2. The van der Waals surface area contributed by atoms with Crippen molar-refractivity contribution < 1.29 is 28.8 Å². The Morgan fingerprint density at radius 3 is 2.19 bits per heavy atom. The molecule has 0 bridgehead atoms. The van der Waals surface area contributed by atoms with Gasteiger partial charge in [-0.1, -0.05) is 29.0 Å². The van der Waals surface area contributed by atoms with Gasteiger partial charge in [0, 0.05) is 12.1 Å². The summed E-state index contributed by atoms with van der Waals surface area (Å²) < 4.78 is 0. The van der Waals surface area contributed by atoms with Crippen LogP contribution in [0.15, 0.2) is 53.5 Å². The van der Waals surface area contributed by atoms with E-state index in [0.29, 0.717) is 10.8 Å². The molecule has 0 aliphatic carbocycles. The SMILES string of the molecule is NC1=NC(=O)C(CC(=O)Nc2ccc(C(=O)ON3C(=O)c4ccccc4C3=O)cc2)S1. The van der Waals surface area contributed by atoms with Crippen molar-refractivity contribution in [2.24, 2.45) is 10.7 Å². The second-order valence-electron chi connectivity index (χ2n) is 6.55. The molecular formula is C20H14N4O6S. The van der Waals surface area contributed by atoms with Crippen LogP contribution in [0.2, 0.25) is 0 Å². The molecule has 0 radical (unpaired) electrons. The molecule has 4 amide bonds. The number of imide groups is 1. The molecule has 31 heavy (non-hydrogen) atoms. The first kappa shape index (κ1) is 20.3. The molecule has 1 atom stereocenters. The molecule has 11 heteroatoms. The van der Waals surface area contributed by atoms with E-state index in [9.17, 15) is 24.0 Å². The van der Waals surface area contributed by atoms with Crippen molar-refractivity contribution in [3.05, 3.63) is 65.2 Å².